The van der Waals surface area contributed by atoms with E-state index in [-0.39, 0.29) is 0 Å². The van der Waals surface area contributed by atoms with Crippen LogP contribution >= 0.6 is 0 Å². The third kappa shape index (κ3) is 2.24. The third-order valence-corrected chi connectivity index (χ3v) is 3.36. The van der Waals surface area contributed by atoms with Crippen molar-refractivity contribution in [3.8, 4) is 11.3 Å². The first kappa shape index (κ1) is 11.9. The summed E-state index contributed by atoms with van der Waals surface area (Å²) in [5.74, 6) is 0. The van der Waals surface area contributed by atoms with Crippen LogP contribution in [0.3, 0.4) is 0 Å². The average Bonchev–Trinajstić information content (AvgIpc) is 2.36. The van der Waals surface area contributed by atoms with Gasteiger partial charge >= 0.3 is 0 Å². The average molecular weight is 247 g/mol. The van der Waals surface area contributed by atoms with Crippen molar-refractivity contribution < 1.29 is 0 Å². The van der Waals surface area contributed by atoms with Crippen molar-refractivity contribution in [1.82, 2.24) is 4.98 Å². The Kier molecular flexibility index (Phi) is 2.83. The Balaban J connectivity index is 2.35. The Morgan fingerprint density at radius 1 is 0.789 bits per heavy atom. The molecule has 3 aromatic rings. The minimum absolute atomic E-state index is 1.06. The number of aryl methyl sites for hydroxylation is 3. The van der Waals surface area contributed by atoms with Crippen LogP contribution in [0.5, 0.6) is 0 Å². The molecule has 0 unspecified atom stereocenters. The first-order valence-corrected chi connectivity index (χ1v) is 6.58. The molecule has 0 saturated carbocycles. The maximum atomic E-state index is 4.75. The van der Waals surface area contributed by atoms with Crippen molar-refractivity contribution in [2.45, 2.75) is 20.8 Å². The Morgan fingerprint density at radius 2 is 1.47 bits per heavy atom. The topological polar surface area (TPSA) is 12.9 Å². The SMILES string of the molecule is Cc1cc(C)cc(-c2nc(C)cc3ccccc23)c1. The van der Waals surface area contributed by atoms with Crippen LogP contribution in [-0.2, 0) is 0 Å². The van der Waals surface area contributed by atoms with Crippen molar-refractivity contribution in [3.63, 3.8) is 0 Å². The van der Waals surface area contributed by atoms with E-state index in [2.05, 4.69) is 69.3 Å². The Bertz CT molecular complexity index is 736. The number of fused-ring (bicyclic) bond motifs is 1. The molecule has 0 bridgehead atoms. The smallest absolute Gasteiger partial charge is 0.0783 e. The predicted octanol–water partition coefficient (Wildman–Crippen LogP) is 4.83. The number of pyridine rings is 1. The summed E-state index contributed by atoms with van der Waals surface area (Å²) in [4.78, 5) is 4.75. The number of rotatable bonds is 1. The molecular formula is C18H17N. The van der Waals surface area contributed by atoms with E-state index in [9.17, 15) is 0 Å². The molecule has 0 radical (unpaired) electrons. The molecule has 0 aliphatic carbocycles. The minimum atomic E-state index is 1.06. The molecule has 2 aromatic carbocycles. The normalized spacial score (nSPS) is 10.9. The van der Waals surface area contributed by atoms with Gasteiger partial charge in [0.1, 0.15) is 0 Å². The van der Waals surface area contributed by atoms with E-state index in [1.165, 1.54) is 27.5 Å². The second kappa shape index (κ2) is 4.51. The zero-order valence-corrected chi connectivity index (χ0v) is 11.6. The van der Waals surface area contributed by atoms with Gasteiger partial charge in [0.25, 0.3) is 0 Å². The monoisotopic (exact) mass is 247 g/mol. The zero-order valence-electron chi connectivity index (χ0n) is 11.6. The highest BCUT2D eigenvalue weighted by molar-refractivity contribution is 5.95. The van der Waals surface area contributed by atoms with Gasteiger partial charge in [-0.15, -0.1) is 0 Å². The number of hydrogen-bond acceptors (Lipinski definition) is 1. The van der Waals surface area contributed by atoms with E-state index in [0.717, 1.165) is 11.4 Å². The molecule has 94 valence electrons. The van der Waals surface area contributed by atoms with Crippen LogP contribution < -0.4 is 0 Å². The first-order valence-electron chi connectivity index (χ1n) is 6.58. The molecule has 1 nitrogen and oxygen atoms in total. The van der Waals surface area contributed by atoms with Crippen LogP contribution in [0.1, 0.15) is 16.8 Å². The van der Waals surface area contributed by atoms with Crippen molar-refractivity contribution in [3.05, 3.63) is 65.4 Å². The fraction of sp³-hybridized carbons (Fsp3) is 0.167. The number of nitrogens with zero attached hydrogens (tertiary/aromatic N) is 1. The van der Waals surface area contributed by atoms with E-state index in [1.54, 1.807) is 0 Å². The molecule has 0 amide bonds. The number of hydrogen-bond donors (Lipinski definition) is 0. The summed E-state index contributed by atoms with van der Waals surface area (Å²) in [5, 5.41) is 2.47. The first-order chi connectivity index (χ1) is 9.13. The molecule has 0 fully saturated rings. The molecule has 1 aromatic heterocycles. The predicted molar refractivity (Wildman–Crippen MR) is 81.4 cm³/mol. The minimum Gasteiger partial charge on any atom is -0.252 e. The quantitative estimate of drug-likeness (QED) is 0.600. The van der Waals surface area contributed by atoms with E-state index in [0.29, 0.717) is 0 Å². The highest BCUT2D eigenvalue weighted by Gasteiger charge is 2.07. The maximum Gasteiger partial charge on any atom is 0.0783 e. The lowest BCUT2D eigenvalue weighted by Crippen LogP contribution is -1.91. The lowest BCUT2D eigenvalue weighted by atomic mass is 10.00. The number of benzene rings is 2. The second-order valence-electron chi connectivity index (χ2n) is 5.21. The summed E-state index contributed by atoms with van der Waals surface area (Å²) in [6, 6.07) is 17.2. The van der Waals surface area contributed by atoms with Gasteiger partial charge in [0, 0.05) is 16.6 Å². The van der Waals surface area contributed by atoms with Crippen LogP contribution in [0.2, 0.25) is 0 Å². The van der Waals surface area contributed by atoms with Crippen molar-refractivity contribution in [2.75, 3.05) is 0 Å². The van der Waals surface area contributed by atoms with Crippen molar-refractivity contribution in [1.29, 1.82) is 0 Å². The lowest BCUT2D eigenvalue weighted by molar-refractivity contribution is 1.22. The standard InChI is InChI=1S/C18H17N/c1-12-8-13(2)10-16(9-12)18-17-7-5-4-6-15(17)11-14(3)19-18/h4-11H,1-3H3. The summed E-state index contributed by atoms with van der Waals surface area (Å²) in [6.45, 7) is 6.32. The van der Waals surface area contributed by atoms with Crippen LogP contribution in [-0.4, -0.2) is 4.98 Å². The maximum absolute atomic E-state index is 4.75. The molecule has 0 atom stereocenters. The third-order valence-electron chi connectivity index (χ3n) is 3.36. The van der Waals surface area contributed by atoms with Gasteiger partial charge in [-0.1, -0.05) is 41.5 Å². The second-order valence-corrected chi connectivity index (χ2v) is 5.21. The van der Waals surface area contributed by atoms with Gasteiger partial charge in [-0.2, -0.15) is 0 Å². The largest absolute Gasteiger partial charge is 0.252 e. The molecule has 0 aliphatic rings. The molecule has 0 saturated heterocycles. The summed E-state index contributed by atoms with van der Waals surface area (Å²) in [5.41, 5.74) is 5.91. The highest BCUT2D eigenvalue weighted by atomic mass is 14.7. The zero-order chi connectivity index (χ0) is 13.4. The summed E-state index contributed by atoms with van der Waals surface area (Å²) in [7, 11) is 0. The Hall–Kier alpha value is -2.15. The lowest BCUT2D eigenvalue weighted by Gasteiger charge is -2.09. The van der Waals surface area contributed by atoms with E-state index >= 15 is 0 Å². The van der Waals surface area contributed by atoms with Crippen LogP contribution in [0, 0.1) is 20.8 Å². The summed E-state index contributed by atoms with van der Waals surface area (Å²) in [6.07, 6.45) is 0. The van der Waals surface area contributed by atoms with E-state index < -0.39 is 0 Å². The molecule has 19 heavy (non-hydrogen) atoms. The molecular weight excluding hydrogens is 230 g/mol. The van der Waals surface area contributed by atoms with Gasteiger partial charge in [-0.05, 0) is 44.4 Å². The van der Waals surface area contributed by atoms with Gasteiger partial charge in [-0.25, -0.2) is 0 Å². The fourth-order valence-electron chi connectivity index (χ4n) is 2.66. The van der Waals surface area contributed by atoms with Gasteiger partial charge < -0.3 is 0 Å². The molecule has 0 N–H and O–H groups in total. The van der Waals surface area contributed by atoms with Crippen LogP contribution in [0.15, 0.2) is 48.5 Å². The van der Waals surface area contributed by atoms with Gasteiger partial charge in [0.15, 0.2) is 0 Å². The van der Waals surface area contributed by atoms with E-state index in [1.807, 2.05) is 0 Å². The van der Waals surface area contributed by atoms with Crippen LogP contribution in [0.25, 0.3) is 22.0 Å². The highest BCUT2D eigenvalue weighted by Crippen LogP contribution is 2.28. The molecule has 1 heteroatoms. The Morgan fingerprint density at radius 3 is 2.21 bits per heavy atom. The molecule has 1 heterocycles. The molecule has 0 aliphatic heterocycles. The fourth-order valence-corrected chi connectivity index (χ4v) is 2.66. The van der Waals surface area contributed by atoms with Gasteiger partial charge in [0.2, 0.25) is 0 Å². The summed E-state index contributed by atoms with van der Waals surface area (Å²) < 4.78 is 0. The van der Waals surface area contributed by atoms with Crippen LogP contribution in [0.4, 0.5) is 0 Å². The van der Waals surface area contributed by atoms with Gasteiger partial charge in [0.05, 0.1) is 5.69 Å². The molecule has 3 rings (SSSR count). The number of aromatic nitrogens is 1. The Labute approximate surface area is 113 Å². The van der Waals surface area contributed by atoms with E-state index in [4.69, 9.17) is 4.98 Å². The van der Waals surface area contributed by atoms with Gasteiger partial charge in [-0.3, -0.25) is 4.98 Å². The summed E-state index contributed by atoms with van der Waals surface area (Å²) >= 11 is 0. The van der Waals surface area contributed by atoms with Crippen molar-refractivity contribution >= 4 is 10.8 Å². The molecule has 0 spiro atoms. The van der Waals surface area contributed by atoms with Crippen molar-refractivity contribution in [2.24, 2.45) is 0 Å².